The summed E-state index contributed by atoms with van der Waals surface area (Å²) in [7, 11) is 2.09. The molecule has 0 spiro atoms. The normalized spacial score (nSPS) is 18.2. The molecule has 1 aliphatic rings. The summed E-state index contributed by atoms with van der Waals surface area (Å²) < 4.78 is 5.21. The molecule has 0 fully saturated rings. The van der Waals surface area contributed by atoms with E-state index in [1.807, 2.05) is 6.92 Å². The molecule has 0 radical (unpaired) electrons. The van der Waals surface area contributed by atoms with E-state index in [4.69, 9.17) is 9.72 Å². The number of aromatic nitrogens is 1. The molecule has 21 heavy (non-hydrogen) atoms. The molecule has 0 aromatic carbocycles. The summed E-state index contributed by atoms with van der Waals surface area (Å²) in [6.07, 6.45) is 3.98. The maximum atomic E-state index is 12.1. The van der Waals surface area contributed by atoms with Crippen molar-refractivity contribution in [1.82, 2.24) is 4.98 Å². The highest BCUT2D eigenvalue weighted by atomic mass is 32.1. The van der Waals surface area contributed by atoms with Crippen LogP contribution in [-0.4, -0.2) is 30.1 Å². The highest BCUT2D eigenvalue weighted by Gasteiger charge is 2.33. The minimum Gasteiger partial charge on any atom is -0.465 e. The topological polar surface area (TPSA) is 42.4 Å². The lowest BCUT2D eigenvalue weighted by Crippen LogP contribution is -2.40. The summed E-state index contributed by atoms with van der Waals surface area (Å²) in [4.78, 5) is 20.4. The first-order valence-corrected chi connectivity index (χ1v) is 8.62. The average molecular weight is 310 g/mol. The van der Waals surface area contributed by atoms with E-state index in [0.717, 1.165) is 36.5 Å². The monoisotopic (exact) mass is 310 g/mol. The molecule has 1 aromatic heterocycles. The Morgan fingerprint density at radius 1 is 1.48 bits per heavy atom. The number of hydrogen-bond acceptors (Lipinski definition) is 5. The van der Waals surface area contributed by atoms with Crippen LogP contribution in [0.2, 0.25) is 0 Å². The highest BCUT2D eigenvalue weighted by Crippen LogP contribution is 2.39. The zero-order valence-corrected chi connectivity index (χ0v) is 14.5. The minimum absolute atomic E-state index is 0.0693. The van der Waals surface area contributed by atoms with Gasteiger partial charge in [0.15, 0.2) is 5.13 Å². The van der Waals surface area contributed by atoms with Gasteiger partial charge in [-0.1, -0.05) is 6.92 Å². The lowest BCUT2D eigenvalue weighted by atomic mass is 9.91. The molecule has 0 saturated heterocycles. The molecule has 2 rings (SSSR count). The molecule has 1 unspecified atom stereocenters. The van der Waals surface area contributed by atoms with Crippen LogP contribution in [0.4, 0.5) is 5.13 Å². The summed E-state index contributed by atoms with van der Waals surface area (Å²) >= 11 is 1.73. The number of fused-ring (bicyclic) bond motifs is 1. The maximum absolute atomic E-state index is 12.1. The Balaban J connectivity index is 2.29. The van der Waals surface area contributed by atoms with E-state index >= 15 is 0 Å². The molecular formula is C16H26N2O2S. The van der Waals surface area contributed by atoms with Gasteiger partial charge in [0.1, 0.15) is 5.92 Å². The summed E-state index contributed by atoms with van der Waals surface area (Å²) in [5.41, 5.74) is 1.03. The molecule has 0 aliphatic heterocycles. The number of nitrogens with zero attached hydrogens (tertiary/aromatic N) is 2. The van der Waals surface area contributed by atoms with Gasteiger partial charge in [0.05, 0.1) is 12.3 Å². The van der Waals surface area contributed by atoms with Crippen molar-refractivity contribution in [1.29, 1.82) is 0 Å². The zero-order valence-electron chi connectivity index (χ0n) is 13.7. The van der Waals surface area contributed by atoms with Crippen LogP contribution in [0.15, 0.2) is 0 Å². The molecule has 1 atom stereocenters. The Labute approximate surface area is 131 Å². The van der Waals surface area contributed by atoms with Gasteiger partial charge in [0.25, 0.3) is 0 Å². The summed E-state index contributed by atoms with van der Waals surface area (Å²) in [5.74, 6) is -0.287. The summed E-state index contributed by atoms with van der Waals surface area (Å²) in [6, 6.07) is 0. The molecule has 0 bridgehead atoms. The van der Waals surface area contributed by atoms with E-state index in [1.165, 1.54) is 4.88 Å². The van der Waals surface area contributed by atoms with E-state index in [9.17, 15) is 4.79 Å². The molecule has 0 saturated carbocycles. The van der Waals surface area contributed by atoms with Crippen molar-refractivity contribution >= 4 is 22.4 Å². The number of rotatable bonds is 5. The molecule has 5 heteroatoms. The second-order valence-electron chi connectivity index (χ2n) is 6.23. The number of carbonyl (C=O) groups excluding carboxylic acids is 1. The van der Waals surface area contributed by atoms with Crippen molar-refractivity contribution in [3.05, 3.63) is 10.6 Å². The van der Waals surface area contributed by atoms with Crippen LogP contribution in [-0.2, 0) is 16.0 Å². The van der Waals surface area contributed by atoms with Gasteiger partial charge in [-0.05, 0) is 46.5 Å². The van der Waals surface area contributed by atoms with Crippen LogP contribution < -0.4 is 4.90 Å². The molecule has 118 valence electrons. The maximum Gasteiger partial charge on any atom is 0.315 e. The second-order valence-corrected chi connectivity index (χ2v) is 7.29. The number of carbonyl (C=O) groups is 1. The van der Waals surface area contributed by atoms with E-state index in [0.29, 0.717) is 6.61 Å². The minimum atomic E-state index is -0.170. The number of ether oxygens (including phenoxy) is 1. The Hall–Kier alpha value is -1.10. The van der Waals surface area contributed by atoms with Gasteiger partial charge in [-0.2, -0.15) is 0 Å². The van der Waals surface area contributed by atoms with Crippen molar-refractivity contribution in [2.24, 2.45) is 0 Å². The van der Waals surface area contributed by atoms with E-state index in [1.54, 1.807) is 11.3 Å². The standard InChI is InChI=1S/C16H26N2O2S/c1-6-16(3,4)18(5)15-17-13-11(14(19)20-7-2)9-8-10-12(13)21-15/h11H,6-10H2,1-5H3. The van der Waals surface area contributed by atoms with Gasteiger partial charge >= 0.3 is 5.97 Å². The van der Waals surface area contributed by atoms with Gasteiger partial charge in [-0.3, -0.25) is 4.79 Å². The third-order valence-electron chi connectivity index (χ3n) is 4.57. The van der Waals surface area contributed by atoms with Gasteiger partial charge in [-0.25, -0.2) is 4.98 Å². The lowest BCUT2D eigenvalue weighted by molar-refractivity contribution is -0.145. The predicted molar refractivity (Wildman–Crippen MR) is 87.2 cm³/mol. The number of hydrogen-bond donors (Lipinski definition) is 0. The lowest BCUT2D eigenvalue weighted by Gasteiger charge is -2.34. The van der Waals surface area contributed by atoms with Gasteiger partial charge < -0.3 is 9.64 Å². The largest absolute Gasteiger partial charge is 0.465 e. The fraction of sp³-hybridized carbons (Fsp3) is 0.750. The number of esters is 1. The van der Waals surface area contributed by atoms with Crippen LogP contribution >= 0.6 is 11.3 Å². The summed E-state index contributed by atoms with van der Waals surface area (Å²) in [6.45, 7) is 8.91. The van der Waals surface area contributed by atoms with Crippen LogP contribution in [0.25, 0.3) is 0 Å². The van der Waals surface area contributed by atoms with Crippen molar-refractivity contribution in [3.8, 4) is 0 Å². The van der Waals surface area contributed by atoms with Gasteiger partial charge in [-0.15, -0.1) is 11.3 Å². The average Bonchev–Trinajstić information content (AvgIpc) is 2.90. The van der Waals surface area contributed by atoms with E-state index in [-0.39, 0.29) is 17.4 Å². The molecule has 1 aromatic rings. The van der Waals surface area contributed by atoms with Crippen molar-refractivity contribution in [3.63, 3.8) is 0 Å². The molecule has 0 N–H and O–H groups in total. The Bertz CT molecular complexity index is 510. The van der Waals surface area contributed by atoms with Crippen LogP contribution in [0.1, 0.15) is 63.4 Å². The summed E-state index contributed by atoms with van der Waals surface area (Å²) in [5, 5.41) is 1.02. The van der Waals surface area contributed by atoms with Crippen molar-refractivity contribution in [2.75, 3.05) is 18.6 Å². The molecule has 1 aliphatic carbocycles. The van der Waals surface area contributed by atoms with Gasteiger partial charge in [0.2, 0.25) is 0 Å². The molecular weight excluding hydrogens is 284 g/mol. The predicted octanol–water partition coefficient (Wildman–Crippen LogP) is 3.75. The Kier molecular flexibility index (Phi) is 4.91. The molecule has 4 nitrogen and oxygen atoms in total. The number of anilines is 1. The zero-order chi connectivity index (χ0) is 15.6. The highest BCUT2D eigenvalue weighted by molar-refractivity contribution is 7.15. The van der Waals surface area contributed by atoms with Gasteiger partial charge in [0, 0.05) is 17.5 Å². The number of aryl methyl sites for hydroxylation is 1. The smallest absolute Gasteiger partial charge is 0.315 e. The third kappa shape index (κ3) is 3.23. The van der Waals surface area contributed by atoms with Crippen LogP contribution in [0, 0.1) is 0 Å². The molecule has 0 amide bonds. The fourth-order valence-corrected chi connectivity index (χ4v) is 3.80. The number of thiazole rings is 1. The third-order valence-corrected chi connectivity index (χ3v) is 5.78. The SMILES string of the molecule is CCOC(=O)C1CCCc2sc(N(C)C(C)(C)CC)nc21. The first kappa shape index (κ1) is 16.3. The quantitative estimate of drug-likeness (QED) is 0.777. The second kappa shape index (κ2) is 6.34. The van der Waals surface area contributed by atoms with Crippen molar-refractivity contribution in [2.45, 2.75) is 64.8 Å². The Morgan fingerprint density at radius 3 is 2.81 bits per heavy atom. The van der Waals surface area contributed by atoms with Crippen molar-refractivity contribution < 1.29 is 9.53 Å². The first-order valence-electron chi connectivity index (χ1n) is 7.80. The molecule has 1 heterocycles. The Morgan fingerprint density at radius 2 is 2.19 bits per heavy atom. The van der Waals surface area contributed by atoms with E-state index < -0.39 is 0 Å². The van der Waals surface area contributed by atoms with E-state index in [2.05, 4.69) is 32.7 Å². The van der Waals surface area contributed by atoms with Crippen LogP contribution in [0.5, 0.6) is 0 Å². The fourth-order valence-electron chi connectivity index (χ4n) is 2.52. The first-order chi connectivity index (χ1) is 9.90. The van der Waals surface area contributed by atoms with Crippen LogP contribution in [0.3, 0.4) is 0 Å².